The van der Waals surface area contributed by atoms with Crippen LogP contribution in [0.3, 0.4) is 0 Å². The van der Waals surface area contributed by atoms with Crippen LogP contribution in [0.15, 0.2) is 35.9 Å². The number of benzene rings is 1. The molecule has 0 heterocycles. The van der Waals surface area contributed by atoms with Crippen molar-refractivity contribution in [2.24, 2.45) is 28.6 Å². The molecular weight excluding hydrogens is 568 g/mol. The van der Waals surface area contributed by atoms with Crippen LogP contribution in [0.4, 0.5) is 0 Å². The van der Waals surface area contributed by atoms with Crippen molar-refractivity contribution in [3.8, 4) is 5.75 Å². The van der Waals surface area contributed by atoms with E-state index in [1.54, 1.807) is 18.2 Å². The number of Topliss-reactive ketones (excluding diaryl/α,β-unsaturated/α-hetero) is 1. The van der Waals surface area contributed by atoms with Crippen LogP contribution in [0, 0.1) is 28.6 Å². The van der Waals surface area contributed by atoms with Crippen LogP contribution < -0.4 is 4.74 Å². The zero-order valence-electron chi connectivity index (χ0n) is 25.5. The Morgan fingerprint density at radius 1 is 1.02 bits per heavy atom. The predicted octanol–water partition coefficient (Wildman–Crippen LogP) is 3.91. The van der Waals surface area contributed by atoms with Crippen molar-refractivity contribution < 1.29 is 48.8 Å². The van der Waals surface area contributed by atoms with Gasteiger partial charge in [-0.25, -0.2) is 0 Å². The molecule has 0 spiro atoms. The molecule has 4 aliphatic carbocycles. The van der Waals surface area contributed by atoms with E-state index in [0.717, 1.165) is 18.4 Å². The van der Waals surface area contributed by atoms with E-state index in [4.69, 9.17) is 9.47 Å². The number of aliphatic hydroxyl groups excluding tert-OH is 1. The lowest BCUT2D eigenvalue weighted by Crippen LogP contribution is -2.62. The number of carbonyl (C=O) groups is 5. The quantitative estimate of drug-likeness (QED) is 0.276. The SMILES string of the molecule is CC(=O)Oc1ccc(C(CC(=O)O)CC(=O)OCC(=O)[C@@]2(O)CC[C@H]3[C@@H]4CCC5=CC(=O)CC[C@]5(C)[C@H]4C(O)C[C@@]32C)cc1. The van der Waals surface area contributed by atoms with Gasteiger partial charge in [-0.05, 0) is 85.5 Å². The fourth-order valence-corrected chi connectivity index (χ4v) is 9.17. The number of hydrogen-bond donors (Lipinski definition) is 3. The Balaban J connectivity index is 1.26. The number of ether oxygens (including phenoxy) is 2. The van der Waals surface area contributed by atoms with Gasteiger partial charge < -0.3 is 24.8 Å². The molecule has 238 valence electrons. The maximum atomic E-state index is 13.6. The topological polar surface area (TPSA) is 165 Å². The summed E-state index contributed by atoms with van der Waals surface area (Å²) in [5.74, 6) is -3.31. The fraction of sp³-hybridized carbons (Fsp3) is 0.618. The highest BCUT2D eigenvalue weighted by atomic mass is 16.5. The highest BCUT2D eigenvalue weighted by Gasteiger charge is 2.68. The lowest BCUT2D eigenvalue weighted by Gasteiger charge is -2.60. The molecule has 44 heavy (non-hydrogen) atoms. The van der Waals surface area contributed by atoms with E-state index in [9.17, 15) is 39.3 Å². The zero-order valence-corrected chi connectivity index (χ0v) is 25.5. The average Bonchev–Trinajstić information content (AvgIpc) is 3.22. The molecule has 4 aliphatic rings. The second-order valence-corrected chi connectivity index (χ2v) is 13.7. The smallest absolute Gasteiger partial charge is 0.308 e. The van der Waals surface area contributed by atoms with Gasteiger partial charge in [0.05, 0.1) is 18.9 Å². The summed E-state index contributed by atoms with van der Waals surface area (Å²) in [6.45, 7) is 4.62. The molecule has 0 aromatic heterocycles. The number of carboxylic acids is 1. The molecule has 5 rings (SSSR count). The first-order chi connectivity index (χ1) is 20.7. The molecule has 3 saturated carbocycles. The summed E-state index contributed by atoms with van der Waals surface area (Å²) >= 11 is 0. The first-order valence-electron chi connectivity index (χ1n) is 15.5. The molecule has 3 fully saturated rings. The number of allylic oxidation sites excluding steroid dienone is 1. The Bertz CT molecular complexity index is 1380. The fourth-order valence-electron chi connectivity index (χ4n) is 9.17. The van der Waals surface area contributed by atoms with Gasteiger partial charge in [-0.15, -0.1) is 0 Å². The van der Waals surface area contributed by atoms with Crippen LogP contribution in [0.25, 0.3) is 0 Å². The number of hydrogen-bond acceptors (Lipinski definition) is 9. The van der Waals surface area contributed by atoms with E-state index in [0.29, 0.717) is 24.8 Å². The van der Waals surface area contributed by atoms with Crippen LogP contribution in [-0.2, 0) is 28.7 Å². The minimum atomic E-state index is -1.78. The van der Waals surface area contributed by atoms with Gasteiger partial charge in [-0.1, -0.05) is 31.6 Å². The monoisotopic (exact) mass is 610 g/mol. The van der Waals surface area contributed by atoms with Crippen molar-refractivity contribution in [2.75, 3.05) is 6.61 Å². The Morgan fingerprint density at radius 2 is 1.73 bits per heavy atom. The summed E-state index contributed by atoms with van der Waals surface area (Å²) in [4.78, 5) is 61.3. The third kappa shape index (κ3) is 5.62. The largest absolute Gasteiger partial charge is 0.481 e. The molecular formula is C34H42O10. The number of ketones is 2. The Hall–Kier alpha value is -3.37. The van der Waals surface area contributed by atoms with Gasteiger partial charge in [0.25, 0.3) is 0 Å². The van der Waals surface area contributed by atoms with Crippen LogP contribution in [0.1, 0.15) is 90.0 Å². The van der Waals surface area contributed by atoms with Crippen LogP contribution in [0.5, 0.6) is 5.75 Å². The van der Waals surface area contributed by atoms with Gasteiger partial charge >= 0.3 is 17.9 Å². The van der Waals surface area contributed by atoms with Crippen molar-refractivity contribution in [2.45, 2.75) is 96.2 Å². The van der Waals surface area contributed by atoms with Gasteiger partial charge in [0.1, 0.15) is 11.4 Å². The molecule has 0 aliphatic heterocycles. The van der Waals surface area contributed by atoms with Gasteiger partial charge in [0.2, 0.25) is 5.78 Å². The van der Waals surface area contributed by atoms with Crippen molar-refractivity contribution >= 4 is 29.5 Å². The van der Waals surface area contributed by atoms with E-state index in [-0.39, 0.29) is 60.4 Å². The molecule has 0 radical (unpaired) electrons. The summed E-state index contributed by atoms with van der Waals surface area (Å²) in [6, 6.07) is 6.16. The molecule has 1 aromatic rings. The number of rotatable bonds is 9. The lowest BCUT2D eigenvalue weighted by molar-refractivity contribution is -0.184. The molecule has 0 amide bonds. The van der Waals surface area contributed by atoms with E-state index in [1.807, 2.05) is 6.92 Å². The normalized spacial score (nSPS) is 34.9. The first-order valence-corrected chi connectivity index (χ1v) is 15.5. The molecule has 0 bridgehead atoms. The second-order valence-electron chi connectivity index (χ2n) is 13.7. The maximum absolute atomic E-state index is 13.6. The molecule has 10 heteroatoms. The minimum absolute atomic E-state index is 0.00791. The van der Waals surface area contributed by atoms with E-state index >= 15 is 0 Å². The maximum Gasteiger partial charge on any atom is 0.308 e. The van der Waals surface area contributed by atoms with Crippen LogP contribution in [-0.4, -0.2) is 63.1 Å². The van der Waals surface area contributed by atoms with Crippen LogP contribution >= 0.6 is 0 Å². The number of esters is 2. The Morgan fingerprint density at radius 3 is 2.39 bits per heavy atom. The predicted molar refractivity (Wildman–Crippen MR) is 156 cm³/mol. The summed E-state index contributed by atoms with van der Waals surface area (Å²) < 4.78 is 10.3. The molecule has 2 unspecified atom stereocenters. The lowest BCUT2D eigenvalue weighted by atomic mass is 9.45. The summed E-state index contributed by atoms with van der Waals surface area (Å²) in [5, 5.41) is 32.9. The van der Waals surface area contributed by atoms with Gasteiger partial charge in [-0.2, -0.15) is 0 Å². The first kappa shape index (κ1) is 32.0. The Labute approximate surface area is 256 Å². The van der Waals surface area contributed by atoms with Crippen molar-refractivity contribution in [3.05, 3.63) is 41.5 Å². The summed E-state index contributed by atoms with van der Waals surface area (Å²) in [7, 11) is 0. The second kappa shape index (κ2) is 11.9. The molecule has 1 aromatic carbocycles. The summed E-state index contributed by atoms with van der Waals surface area (Å²) in [6.07, 6.45) is 4.09. The van der Waals surface area contributed by atoms with Crippen molar-refractivity contribution in [1.29, 1.82) is 0 Å². The highest BCUT2D eigenvalue weighted by Crippen LogP contribution is 2.67. The van der Waals surface area contributed by atoms with Crippen molar-refractivity contribution in [1.82, 2.24) is 0 Å². The van der Waals surface area contributed by atoms with Crippen molar-refractivity contribution in [3.63, 3.8) is 0 Å². The van der Waals surface area contributed by atoms with E-state index in [2.05, 4.69) is 6.92 Å². The molecule has 0 saturated heterocycles. The van der Waals surface area contributed by atoms with Crippen LogP contribution in [0.2, 0.25) is 0 Å². The molecule has 10 nitrogen and oxygen atoms in total. The highest BCUT2D eigenvalue weighted by molar-refractivity contribution is 5.92. The van der Waals surface area contributed by atoms with Gasteiger partial charge in [-0.3, -0.25) is 24.0 Å². The third-order valence-corrected chi connectivity index (χ3v) is 11.3. The van der Waals surface area contributed by atoms with E-state index in [1.165, 1.54) is 19.1 Å². The molecule has 8 atom stereocenters. The number of aliphatic carboxylic acids is 1. The Kier molecular flexibility index (Phi) is 8.63. The number of aliphatic hydroxyl groups is 2. The van der Waals surface area contributed by atoms with E-state index < -0.39 is 53.3 Å². The average molecular weight is 611 g/mol. The number of fused-ring (bicyclic) bond motifs is 5. The molecule has 3 N–H and O–H groups in total. The number of carboxylic acid groups (broad SMARTS) is 1. The summed E-state index contributed by atoms with van der Waals surface area (Å²) in [5.41, 5.74) is -1.34. The number of carbonyl (C=O) groups excluding carboxylic acids is 4. The van der Waals surface area contributed by atoms with Gasteiger partial charge in [0, 0.05) is 24.7 Å². The standard InChI is InChI=1S/C34H42O10/c1-19(35)44-24-7-4-20(5-8-24)21(14-29(39)40)15-30(41)43-18-28(38)34(42)13-11-26-25-9-6-22-16-23(36)10-12-32(22,2)31(25)27(37)17-33(26,34)3/h4-5,7-8,16,21,25-27,31,37,42H,6,9-15,17-18H2,1-3H3,(H,39,40)/t21?,25-,26-,27?,31+,32-,33-,34-/m0/s1. The third-order valence-electron chi connectivity index (χ3n) is 11.3. The van der Waals surface area contributed by atoms with Gasteiger partial charge in [0.15, 0.2) is 12.4 Å². The zero-order chi connectivity index (χ0) is 32.0. The minimum Gasteiger partial charge on any atom is -0.481 e.